The maximum Gasteiger partial charge on any atom is 0.407 e. The molecule has 0 aliphatic carbocycles. The molecule has 2 unspecified atom stereocenters. The van der Waals surface area contributed by atoms with Crippen molar-refractivity contribution in [2.75, 3.05) is 13.7 Å². The van der Waals surface area contributed by atoms with Crippen molar-refractivity contribution in [3.63, 3.8) is 0 Å². The number of hydrogen-bond donors (Lipinski definition) is 3. The zero-order valence-electron chi connectivity index (χ0n) is 22.3. The summed E-state index contributed by atoms with van der Waals surface area (Å²) in [6.45, 7) is 5.59. The SMILES string of the molecule is COC(=O)NC(C)c1nc(-c2ccc(CC(CCO)NC(=O)c3ccc(OC(C)C)c(Cl)c3)cc2)cn1C. The van der Waals surface area contributed by atoms with Gasteiger partial charge in [-0.15, -0.1) is 0 Å². The monoisotopic (exact) mass is 542 g/mol. The number of nitrogens with zero attached hydrogens (tertiary/aromatic N) is 2. The Hall–Kier alpha value is -3.56. The molecule has 0 aliphatic rings. The third-order valence-corrected chi connectivity index (χ3v) is 6.22. The van der Waals surface area contributed by atoms with Crippen LogP contribution in [0.25, 0.3) is 11.3 Å². The lowest BCUT2D eigenvalue weighted by atomic mass is 10.0. The number of aliphatic hydroxyl groups excluding tert-OH is 1. The molecule has 0 saturated carbocycles. The molecule has 1 aromatic heterocycles. The van der Waals surface area contributed by atoms with Crippen LogP contribution >= 0.6 is 11.6 Å². The van der Waals surface area contributed by atoms with E-state index in [0.29, 0.717) is 35.0 Å². The Balaban J connectivity index is 1.67. The van der Waals surface area contributed by atoms with E-state index in [9.17, 15) is 14.7 Å². The van der Waals surface area contributed by atoms with Crippen LogP contribution < -0.4 is 15.4 Å². The van der Waals surface area contributed by atoms with Gasteiger partial charge in [0.15, 0.2) is 0 Å². The van der Waals surface area contributed by atoms with E-state index in [1.54, 1.807) is 18.2 Å². The molecule has 0 saturated heterocycles. The number of nitrogens with one attached hydrogen (secondary N) is 2. The smallest absolute Gasteiger partial charge is 0.407 e. The molecule has 3 aromatic rings. The minimum absolute atomic E-state index is 0.0284. The minimum Gasteiger partial charge on any atom is -0.489 e. The van der Waals surface area contributed by atoms with E-state index in [4.69, 9.17) is 16.3 Å². The Morgan fingerprint density at radius 2 is 1.82 bits per heavy atom. The largest absolute Gasteiger partial charge is 0.489 e. The average molecular weight is 543 g/mol. The molecule has 3 N–H and O–H groups in total. The number of alkyl carbamates (subject to hydrolysis) is 1. The number of amides is 2. The van der Waals surface area contributed by atoms with Crippen molar-refractivity contribution < 1.29 is 24.2 Å². The van der Waals surface area contributed by atoms with Crippen molar-refractivity contribution in [2.45, 2.75) is 51.8 Å². The summed E-state index contributed by atoms with van der Waals surface area (Å²) in [4.78, 5) is 29.1. The van der Waals surface area contributed by atoms with Crippen molar-refractivity contribution in [1.29, 1.82) is 0 Å². The Morgan fingerprint density at radius 3 is 2.42 bits per heavy atom. The van der Waals surface area contributed by atoms with Crippen LogP contribution in [0, 0.1) is 0 Å². The highest BCUT2D eigenvalue weighted by Crippen LogP contribution is 2.27. The number of ether oxygens (including phenoxy) is 2. The number of rotatable bonds is 11. The van der Waals surface area contributed by atoms with Crippen molar-refractivity contribution in [1.82, 2.24) is 20.2 Å². The summed E-state index contributed by atoms with van der Waals surface area (Å²) >= 11 is 6.29. The molecule has 2 aromatic carbocycles. The molecule has 0 aliphatic heterocycles. The van der Waals surface area contributed by atoms with E-state index in [1.807, 2.05) is 62.8 Å². The molecule has 2 atom stereocenters. The van der Waals surface area contributed by atoms with E-state index >= 15 is 0 Å². The molecule has 204 valence electrons. The number of aryl methyl sites for hydroxylation is 1. The van der Waals surface area contributed by atoms with Gasteiger partial charge in [-0.25, -0.2) is 9.78 Å². The summed E-state index contributed by atoms with van der Waals surface area (Å²) in [5, 5.41) is 15.7. The second kappa shape index (κ2) is 13.3. The molecular formula is C28H35ClN4O5. The van der Waals surface area contributed by atoms with Crippen LogP contribution in [0.5, 0.6) is 5.75 Å². The lowest BCUT2D eigenvalue weighted by Gasteiger charge is -2.19. The van der Waals surface area contributed by atoms with Crippen LogP contribution in [0.2, 0.25) is 5.02 Å². The average Bonchev–Trinajstić information content (AvgIpc) is 3.27. The molecule has 1 heterocycles. The van der Waals surface area contributed by atoms with Gasteiger partial charge in [0.2, 0.25) is 0 Å². The quantitative estimate of drug-likeness (QED) is 0.324. The van der Waals surface area contributed by atoms with Gasteiger partial charge in [0.25, 0.3) is 5.91 Å². The molecule has 0 spiro atoms. The van der Waals surface area contributed by atoms with Gasteiger partial charge in [-0.1, -0.05) is 35.9 Å². The molecule has 0 bridgehead atoms. The minimum atomic E-state index is -0.517. The van der Waals surface area contributed by atoms with Gasteiger partial charge < -0.3 is 29.8 Å². The summed E-state index contributed by atoms with van der Waals surface area (Å²) in [5.41, 5.74) is 3.12. The summed E-state index contributed by atoms with van der Waals surface area (Å²) < 4.78 is 12.2. The van der Waals surface area contributed by atoms with Crippen LogP contribution in [0.1, 0.15) is 55.0 Å². The molecule has 2 amide bonds. The van der Waals surface area contributed by atoms with Crippen molar-refractivity contribution in [3.8, 4) is 17.0 Å². The fraction of sp³-hybridized carbons (Fsp3) is 0.393. The lowest BCUT2D eigenvalue weighted by molar-refractivity contribution is 0.0930. The molecule has 38 heavy (non-hydrogen) atoms. The van der Waals surface area contributed by atoms with Crippen molar-refractivity contribution >= 4 is 23.6 Å². The maximum atomic E-state index is 12.9. The standard InChI is InChI=1S/C28H35ClN4O5/c1-17(2)38-25-11-10-21(15-23(25)29)27(35)31-22(12-13-34)14-19-6-8-20(9-7-19)24-16-33(4)26(32-24)18(3)30-28(36)37-5/h6-11,15-18,22,34H,12-14H2,1-5H3,(H,30,36)(H,31,35). The Kier molecular flexibility index (Phi) is 10.2. The number of carbonyl (C=O) groups is 2. The van der Waals surface area contributed by atoms with Gasteiger partial charge >= 0.3 is 6.09 Å². The van der Waals surface area contributed by atoms with Gasteiger partial charge in [0.1, 0.15) is 11.6 Å². The number of carbonyl (C=O) groups excluding carboxylic acids is 2. The second-order valence-electron chi connectivity index (χ2n) is 9.35. The number of methoxy groups -OCH3 is 1. The van der Waals surface area contributed by atoms with Gasteiger partial charge in [-0.3, -0.25) is 4.79 Å². The summed E-state index contributed by atoms with van der Waals surface area (Å²) in [5.74, 6) is 0.956. The summed E-state index contributed by atoms with van der Waals surface area (Å²) in [7, 11) is 3.19. The molecular weight excluding hydrogens is 508 g/mol. The lowest BCUT2D eigenvalue weighted by Crippen LogP contribution is -2.37. The van der Waals surface area contributed by atoms with Gasteiger partial charge in [0.05, 0.1) is 30.0 Å². The number of halogens is 1. The summed E-state index contributed by atoms with van der Waals surface area (Å²) in [6, 6.07) is 12.2. The highest BCUT2D eigenvalue weighted by molar-refractivity contribution is 6.32. The Bertz CT molecular complexity index is 1240. The highest BCUT2D eigenvalue weighted by atomic mass is 35.5. The number of aromatic nitrogens is 2. The number of hydrogen-bond acceptors (Lipinski definition) is 6. The predicted molar refractivity (Wildman–Crippen MR) is 146 cm³/mol. The van der Waals surface area contributed by atoms with Crippen molar-refractivity contribution in [2.24, 2.45) is 7.05 Å². The highest BCUT2D eigenvalue weighted by Gasteiger charge is 2.18. The van der Waals surface area contributed by atoms with E-state index in [-0.39, 0.29) is 30.7 Å². The number of imidazole rings is 1. The van der Waals surface area contributed by atoms with Gasteiger partial charge in [0, 0.05) is 37.0 Å². The second-order valence-corrected chi connectivity index (χ2v) is 9.76. The van der Waals surface area contributed by atoms with Gasteiger partial charge in [-0.2, -0.15) is 0 Å². The first-order chi connectivity index (χ1) is 18.1. The third-order valence-electron chi connectivity index (χ3n) is 5.92. The fourth-order valence-electron chi connectivity index (χ4n) is 4.06. The first-order valence-corrected chi connectivity index (χ1v) is 12.8. The zero-order chi connectivity index (χ0) is 27.8. The van der Waals surface area contributed by atoms with E-state index in [0.717, 1.165) is 16.8 Å². The Morgan fingerprint density at radius 1 is 1.11 bits per heavy atom. The summed E-state index contributed by atoms with van der Waals surface area (Å²) in [6.07, 6.45) is 2.31. The van der Waals surface area contributed by atoms with Crippen LogP contribution in [-0.2, 0) is 18.2 Å². The third kappa shape index (κ3) is 7.72. The molecule has 0 radical (unpaired) electrons. The van der Waals surface area contributed by atoms with Gasteiger partial charge in [-0.05, 0) is 57.4 Å². The Labute approximate surface area is 228 Å². The van der Waals surface area contributed by atoms with Crippen LogP contribution in [0.3, 0.4) is 0 Å². The maximum absolute atomic E-state index is 12.9. The number of aliphatic hydroxyl groups is 1. The predicted octanol–water partition coefficient (Wildman–Crippen LogP) is 4.67. The van der Waals surface area contributed by atoms with Crippen LogP contribution in [-0.4, -0.2) is 52.5 Å². The zero-order valence-corrected chi connectivity index (χ0v) is 23.1. The number of benzene rings is 2. The molecule has 0 fully saturated rings. The first-order valence-electron chi connectivity index (χ1n) is 12.5. The fourth-order valence-corrected chi connectivity index (χ4v) is 4.28. The van der Waals surface area contributed by atoms with Crippen molar-refractivity contribution in [3.05, 3.63) is 70.6 Å². The van der Waals surface area contributed by atoms with Crippen LogP contribution in [0.4, 0.5) is 4.79 Å². The normalized spacial score (nSPS) is 12.6. The van der Waals surface area contributed by atoms with E-state index < -0.39 is 6.09 Å². The first kappa shape index (κ1) is 29.0. The topological polar surface area (TPSA) is 115 Å². The molecule has 3 rings (SSSR count). The molecule has 10 heteroatoms. The van der Waals surface area contributed by atoms with E-state index in [2.05, 4.69) is 20.4 Å². The molecule has 9 nitrogen and oxygen atoms in total. The van der Waals surface area contributed by atoms with E-state index in [1.165, 1.54) is 7.11 Å². The van der Waals surface area contributed by atoms with Crippen LogP contribution in [0.15, 0.2) is 48.7 Å².